The van der Waals surface area contributed by atoms with Gasteiger partial charge in [0.2, 0.25) is 0 Å². The van der Waals surface area contributed by atoms with Crippen molar-refractivity contribution in [2.75, 3.05) is 0 Å². The van der Waals surface area contributed by atoms with Gasteiger partial charge in [0.05, 0.1) is 16.7 Å². The fourth-order valence-corrected chi connectivity index (χ4v) is 2.84. The molecular weight excluding hydrogens is 252 g/mol. The molecule has 0 atom stereocenters. The van der Waals surface area contributed by atoms with E-state index in [-0.39, 0.29) is 0 Å². The molecule has 0 aliphatic carbocycles. The van der Waals surface area contributed by atoms with E-state index < -0.39 is 0 Å². The van der Waals surface area contributed by atoms with Crippen molar-refractivity contribution in [1.82, 2.24) is 9.55 Å². The van der Waals surface area contributed by atoms with Gasteiger partial charge in [-0.1, -0.05) is 37.3 Å². The van der Waals surface area contributed by atoms with Crippen LogP contribution in [0.25, 0.3) is 16.7 Å². The fourth-order valence-electron chi connectivity index (χ4n) is 2.54. The molecule has 0 radical (unpaired) electrons. The Morgan fingerprint density at radius 2 is 1.89 bits per heavy atom. The third-order valence-corrected chi connectivity index (χ3v) is 3.82. The number of hydrogen-bond acceptors (Lipinski definition) is 1. The number of nitrogens with zero attached hydrogens (tertiary/aromatic N) is 1. The van der Waals surface area contributed by atoms with Crippen molar-refractivity contribution < 1.29 is 0 Å². The number of nitrogens with one attached hydrogen (secondary N) is 1. The molecule has 0 fully saturated rings. The quantitative estimate of drug-likeness (QED) is 0.676. The van der Waals surface area contributed by atoms with Crippen LogP contribution in [0.1, 0.15) is 18.1 Å². The zero-order valence-corrected chi connectivity index (χ0v) is 11.9. The smallest absolute Gasteiger partial charge is 0.182 e. The molecule has 0 amide bonds. The number of rotatable bonds is 2. The Bertz CT molecular complexity index is 796. The summed E-state index contributed by atoms with van der Waals surface area (Å²) in [5.41, 5.74) is 5.97. The number of fused-ring (bicyclic) bond motifs is 1. The van der Waals surface area contributed by atoms with Gasteiger partial charge in [0, 0.05) is 0 Å². The second kappa shape index (κ2) is 4.67. The van der Waals surface area contributed by atoms with Gasteiger partial charge in [0.15, 0.2) is 4.77 Å². The van der Waals surface area contributed by atoms with E-state index in [1.165, 1.54) is 16.8 Å². The Kier molecular flexibility index (Phi) is 2.99. The normalized spacial score (nSPS) is 11.1. The van der Waals surface area contributed by atoms with Crippen LogP contribution in [0, 0.1) is 11.7 Å². The van der Waals surface area contributed by atoms with Crippen molar-refractivity contribution in [3.63, 3.8) is 0 Å². The van der Waals surface area contributed by atoms with E-state index in [1.54, 1.807) is 0 Å². The average Bonchev–Trinajstić information content (AvgIpc) is 2.76. The van der Waals surface area contributed by atoms with E-state index in [1.807, 2.05) is 0 Å². The highest BCUT2D eigenvalue weighted by Crippen LogP contribution is 2.24. The first-order chi connectivity index (χ1) is 9.22. The number of hydrogen-bond donors (Lipinski definition) is 1. The van der Waals surface area contributed by atoms with Gasteiger partial charge in [-0.3, -0.25) is 4.57 Å². The molecule has 0 saturated heterocycles. The number of H-pyrrole nitrogens is 1. The second-order valence-electron chi connectivity index (χ2n) is 4.72. The first-order valence-corrected chi connectivity index (χ1v) is 6.92. The van der Waals surface area contributed by atoms with Gasteiger partial charge in [0.1, 0.15) is 0 Å². The maximum atomic E-state index is 5.51. The molecule has 1 heterocycles. The summed E-state index contributed by atoms with van der Waals surface area (Å²) in [7, 11) is 0. The maximum Gasteiger partial charge on any atom is 0.182 e. The first-order valence-electron chi connectivity index (χ1n) is 6.51. The van der Waals surface area contributed by atoms with Crippen LogP contribution in [-0.2, 0) is 6.42 Å². The van der Waals surface area contributed by atoms with Crippen LogP contribution in [0.15, 0.2) is 42.5 Å². The van der Waals surface area contributed by atoms with Gasteiger partial charge in [-0.25, -0.2) is 0 Å². The Balaban J connectivity index is 2.40. The Morgan fingerprint density at radius 3 is 2.68 bits per heavy atom. The van der Waals surface area contributed by atoms with Gasteiger partial charge >= 0.3 is 0 Å². The van der Waals surface area contributed by atoms with Gasteiger partial charge in [-0.2, -0.15) is 0 Å². The molecule has 3 rings (SSSR count). The highest BCUT2D eigenvalue weighted by Gasteiger charge is 2.10. The van der Waals surface area contributed by atoms with E-state index >= 15 is 0 Å². The summed E-state index contributed by atoms with van der Waals surface area (Å²) in [4.78, 5) is 3.32. The van der Waals surface area contributed by atoms with Crippen LogP contribution in [0.2, 0.25) is 0 Å². The van der Waals surface area contributed by atoms with E-state index in [9.17, 15) is 0 Å². The van der Waals surface area contributed by atoms with Crippen LogP contribution >= 0.6 is 12.2 Å². The van der Waals surface area contributed by atoms with Crippen molar-refractivity contribution in [2.24, 2.45) is 0 Å². The van der Waals surface area contributed by atoms with Crippen molar-refractivity contribution >= 4 is 23.3 Å². The summed E-state index contributed by atoms with van der Waals surface area (Å²) < 4.78 is 2.89. The van der Waals surface area contributed by atoms with E-state index in [0.717, 1.165) is 22.2 Å². The number of aromatic amines is 1. The Hall–Kier alpha value is -1.87. The fraction of sp³-hybridized carbons (Fsp3) is 0.188. The molecule has 0 aliphatic rings. The summed E-state index contributed by atoms with van der Waals surface area (Å²) in [6.45, 7) is 4.27. The van der Waals surface area contributed by atoms with Crippen LogP contribution < -0.4 is 0 Å². The lowest BCUT2D eigenvalue weighted by atomic mass is 10.1. The predicted octanol–water partition coefficient (Wildman–Crippen LogP) is 4.56. The molecule has 2 aromatic carbocycles. The van der Waals surface area contributed by atoms with Crippen LogP contribution in [0.4, 0.5) is 0 Å². The molecule has 0 saturated carbocycles. The Morgan fingerprint density at radius 1 is 1.11 bits per heavy atom. The molecule has 0 spiro atoms. The van der Waals surface area contributed by atoms with Crippen molar-refractivity contribution in [2.45, 2.75) is 20.3 Å². The third-order valence-electron chi connectivity index (χ3n) is 3.54. The zero-order chi connectivity index (χ0) is 13.4. The van der Waals surface area contributed by atoms with E-state index in [4.69, 9.17) is 12.2 Å². The van der Waals surface area contributed by atoms with E-state index in [0.29, 0.717) is 0 Å². The molecular formula is C16H16N2S. The number of para-hydroxylation sites is 2. The summed E-state index contributed by atoms with van der Waals surface area (Å²) in [6, 6.07) is 14.7. The molecule has 19 heavy (non-hydrogen) atoms. The molecule has 3 heteroatoms. The standard InChI is InChI=1S/C16H16N2S/c1-3-12-8-4-5-9-13(12)18-14-10-6-7-11(2)15(14)17-16(18)19/h4-10H,3H2,1-2H3,(H,17,19). The molecule has 0 bridgehead atoms. The topological polar surface area (TPSA) is 20.7 Å². The average molecular weight is 268 g/mol. The summed E-state index contributed by atoms with van der Waals surface area (Å²) >= 11 is 5.51. The molecule has 96 valence electrons. The van der Waals surface area contributed by atoms with Crippen LogP contribution in [0.3, 0.4) is 0 Å². The minimum absolute atomic E-state index is 0.755. The highest BCUT2D eigenvalue weighted by atomic mass is 32.1. The minimum atomic E-state index is 0.755. The lowest BCUT2D eigenvalue weighted by Gasteiger charge is -2.10. The minimum Gasteiger partial charge on any atom is -0.330 e. The van der Waals surface area contributed by atoms with Crippen molar-refractivity contribution in [3.05, 3.63) is 58.4 Å². The maximum absolute atomic E-state index is 5.51. The van der Waals surface area contributed by atoms with Crippen LogP contribution in [-0.4, -0.2) is 9.55 Å². The van der Waals surface area contributed by atoms with Gasteiger partial charge in [-0.15, -0.1) is 0 Å². The summed E-state index contributed by atoms with van der Waals surface area (Å²) in [6.07, 6.45) is 0.996. The SMILES string of the molecule is CCc1ccccc1-n1c(=S)[nH]c2c(C)cccc21. The molecule has 3 aromatic rings. The second-order valence-corrected chi connectivity index (χ2v) is 5.10. The molecule has 0 unspecified atom stereocenters. The lowest BCUT2D eigenvalue weighted by molar-refractivity contribution is 1.01. The summed E-state index contributed by atoms with van der Waals surface area (Å²) in [5, 5.41) is 0. The number of aryl methyl sites for hydroxylation is 2. The molecule has 2 nitrogen and oxygen atoms in total. The molecule has 0 aliphatic heterocycles. The molecule has 1 N–H and O–H groups in total. The zero-order valence-electron chi connectivity index (χ0n) is 11.1. The number of benzene rings is 2. The lowest BCUT2D eigenvalue weighted by Crippen LogP contribution is -1.98. The predicted molar refractivity (Wildman–Crippen MR) is 82.6 cm³/mol. The number of aromatic nitrogens is 2. The van der Waals surface area contributed by atoms with Crippen LogP contribution in [0.5, 0.6) is 0 Å². The van der Waals surface area contributed by atoms with Crippen molar-refractivity contribution in [1.29, 1.82) is 0 Å². The monoisotopic (exact) mass is 268 g/mol. The molecule has 1 aromatic heterocycles. The number of imidazole rings is 1. The first kappa shape index (κ1) is 12.2. The largest absolute Gasteiger partial charge is 0.330 e. The van der Waals surface area contributed by atoms with Gasteiger partial charge < -0.3 is 4.98 Å². The van der Waals surface area contributed by atoms with Crippen molar-refractivity contribution in [3.8, 4) is 5.69 Å². The van der Waals surface area contributed by atoms with E-state index in [2.05, 4.69) is 65.9 Å². The van der Waals surface area contributed by atoms with Gasteiger partial charge in [0.25, 0.3) is 0 Å². The third kappa shape index (κ3) is 1.90. The Labute approximate surface area is 117 Å². The summed E-state index contributed by atoms with van der Waals surface area (Å²) in [5.74, 6) is 0. The highest BCUT2D eigenvalue weighted by molar-refractivity contribution is 7.71. The van der Waals surface area contributed by atoms with Gasteiger partial charge in [-0.05, 0) is 48.8 Å².